The van der Waals surface area contributed by atoms with E-state index in [0.29, 0.717) is 10.6 Å². The summed E-state index contributed by atoms with van der Waals surface area (Å²) >= 11 is 12.2. The Bertz CT molecular complexity index is 1150. The Morgan fingerprint density at radius 2 is 1.79 bits per heavy atom. The van der Waals surface area contributed by atoms with Gasteiger partial charge >= 0.3 is 12.0 Å². The van der Waals surface area contributed by atoms with Gasteiger partial charge in [-0.25, -0.2) is 14.5 Å². The fraction of sp³-hybridized carbons (Fsp3) is 0.182. The van der Waals surface area contributed by atoms with E-state index in [2.05, 4.69) is 10.1 Å². The summed E-state index contributed by atoms with van der Waals surface area (Å²) in [5, 5.41) is 2.63. The van der Waals surface area contributed by atoms with Crippen molar-refractivity contribution in [3.63, 3.8) is 0 Å². The zero-order chi connectivity index (χ0) is 24.1. The van der Waals surface area contributed by atoms with Crippen LogP contribution in [0.1, 0.15) is 12.5 Å². The van der Waals surface area contributed by atoms with Crippen molar-refractivity contribution in [1.29, 1.82) is 0 Å². The van der Waals surface area contributed by atoms with Gasteiger partial charge in [0.1, 0.15) is 5.57 Å². The highest BCUT2D eigenvalue weighted by molar-refractivity contribution is 6.39. The first-order valence-electron chi connectivity index (χ1n) is 9.58. The zero-order valence-electron chi connectivity index (χ0n) is 17.5. The van der Waals surface area contributed by atoms with Crippen LogP contribution in [-0.4, -0.2) is 44.1 Å². The normalized spacial score (nSPS) is 14.8. The number of ether oxygens (including phenoxy) is 3. The average molecular weight is 493 g/mol. The predicted molar refractivity (Wildman–Crippen MR) is 121 cm³/mol. The van der Waals surface area contributed by atoms with Gasteiger partial charge in [0.05, 0.1) is 24.4 Å². The largest absolute Gasteiger partial charge is 0.490 e. The number of rotatable bonds is 7. The molecule has 9 nitrogen and oxygen atoms in total. The Hall–Kier alpha value is -3.56. The molecule has 1 saturated heterocycles. The van der Waals surface area contributed by atoms with Gasteiger partial charge in [-0.15, -0.1) is 0 Å². The molecule has 0 aromatic heterocycles. The number of halogens is 2. The van der Waals surface area contributed by atoms with Gasteiger partial charge in [-0.05, 0) is 55.0 Å². The molecule has 3 rings (SSSR count). The lowest BCUT2D eigenvalue weighted by Crippen LogP contribution is -2.54. The number of benzene rings is 2. The van der Waals surface area contributed by atoms with E-state index in [4.69, 9.17) is 32.7 Å². The Balaban J connectivity index is 1.98. The van der Waals surface area contributed by atoms with E-state index in [1.54, 1.807) is 6.92 Å². The maximum absolute atomic E-state index is 13.0. The van der Waals surface area contributed by atoms with Gasteiger partial charge in [0.2, 0.25) is 0 Å². The van der Waals surface area contributed by atoms with Crippen LogP contribution >= 0.6 is 23.2 Å². The third kappa shape index (κ3) is 5.44. The second-order valence-corrected chi connectivity index (χ2v) is 7.41. The first-order chi connectivity index (χ1) is 15.7. The van der Waals surface area contributed by atoms with Crippen LogP contribution in [0.3, 0.4) is 0 Å². The van der Waals surface area contributed by atoms with Gasteiger partial charge in [-0.1, -0.05) is 23.2 Å². The molecule has 4 amide bonds. The minimum absolute atomic E-state index is 0.0750. The topological polar surface area (TPSA) is 111 Å². The number of methoxy groups -OCH3 is 1. The molecule has 1 heterocycles. The third-order valence-electron chi connectivity index (χ3n) is 4.39. The number of nitrogens with one attached hydrogen (secondary N) is 1. The van der Waals surface area contributed by atoms with Crippen molar-refractivity contribution in [2.75, 3.05) is 25.2 Å². The lowest BCUT2D eigenvalue weighted by molar-refractivity contribution is -0.143. The summed E-state index contributed by atoms with van der Waals surface area (Å²) in [7, 11) is 1.22. The summed E-state index contributed by atoms with van der Waals surface area (Å²) in [6.07, 6.45) is 1.27. The minimum Gasteiger partial charge on any atom is -0.490 e. The summed E-state index contributed by atoms with van der Waals surface area (Å²) in [4.78, 5) is 50.0. The van der Waals surface area contributed by atoms with Crippen LogP contribution < -0.4 is 19.7 Å². The van der Waals surface area contributed by atoms with Gasteiger partial charge in [0.25, 0.3) is 11.8 Å². The van der Waals surface area contributed by atoms with Gasteiger partial charge in [0, 0.05) is 5.02 Å². The smallest absolute Gasteiger partial charge is 0.343 e. The number of nitrogens with zero attached hydrogens (tertiary/aromatic N) is 1. The Labute approximate surface area is 198 Å². The van der Waals surface area contributed by atoms with E-state index in [-0.39, 0.29) is 34.4 Å². The molecule has 0 bridgehead atoms. The summed E-state index contributed by atoms with van der Waals surface area (Å²) in [6, 6.07) is 8.00. The number of amides is 4. The minimum atomic E-state index is -0.885. The van der Waals surface area contributed by atoms with Crippen LogP contribution in [0, 0.1) is 0 Å². The quantitative estimate of drug-likeness (QED) is 0.356. The Morgan fingerprint density at radius 3 is 2.42 bits per heavy atom. The number of hydrogen-bond donors (Lipinski definition) is 1. The molecule has 11 heteroatoms. The summed E-state index contributed by atoms with van der Waals surface area (Å²) in [5.41, 5.74) is 0.268. The molecule has 33 heavy (non-hydrogen) atoms. The first kappa shape index (κ1) is 24.1. The van der Waals surface area contributed by atoms with Crippen LogP contribution in [0.4, 0.5) is 10.5 Å². The van der Waals surface area contributed by atoms with E-state index in [0.717, 1.165) is 4.90 Å². The molecule has 1 aliphatic heterocycles. The first-order valence-corrected chi connectivity index (χ1v) is 10.3. The molecule has 1 N–H and O–H groups in total. The fourth-order valence-electron chi connectivity index (χ4n) is 2.91. The van der Waals surface area contributed by atoms with Crippen molar-refractivity contribution in [1.82, 2.24) is 5.32 Å². The number of imide groups is 2. The summed E-state index contributed by atoms with van der Waals surface area (Å²) < 4.78 is 15.5. The molecule has 1 fully saturated rings. The van der Waals surface area contributed by atoms with Crippen LogP contribution in [0.15, 0.2) is 42.0 Å². The number of urea groups is 1. The Morgan fingerprint density at radius 1 is 1.09 bits per heavy atom. The molecular weight excluding hydrogens is 475 g/mol. The highest BCUT2D eigenvalue weighted by Gasteiger charge is 2.36. The van der Waals surface area contributed by atoms with Crippen molar-refractivity contribution >= 4 is 58.8 Å². The van der Waals surface area contributed by atoms with E-state index in [1.807, 2.05) is 0 Å². The van der Waals surface area contributed by atoms with Crippen molar-refractivity contribution in [3.8, 4) is 11.5 Å². The van der Waals surface area contributed by atoms with E-state index < -0.39 is 30.4 Å². The number of barbiturate groups is 1. The number of esters is 1. The molecule has 2 aromatic rings. The van der Waals surface area contributed by atoms with Crippen LogP contribution in [0.5, 0.6) is 11.5 Å². The number of hydrogen-bond acceptors (Lipinski definition) is 7. The molecule has 0 spiro atoms. The molecule has 0 saturated carbocycles. The predicted octanol–water partition coefficient (Wildman–Crippen LogP) is 3.61. The van der Waals surface area contributed by atoms with Gasteiger partial charge < -0.3 is 14.2 Å². The van der Waals surface area contributed by atoms with Crippen molar-refractivity contribution in [3.05, 3.63) is 57.6 Å². The van der Waals surface area contributed by atoms with Crippen molar-refractivity contribution in [2.24, 2.45) is 0 Å². The highest BCUT2D eigenvalue weighted by atomic mass is 35.5. The molecule has 0 atom stereocenters. The summed E-state index contributed by atoms with van der Waals surface area (Å²) in [6.45, 7) is 1.59. The fourth-order valence-corrected chi connectivity index (χ4v) is 3.31. The molecule has 0 unspecified atom stereocenters. The van der Waals surface area contributed by atoms with E-state index in [1.165, 1.54) is 49.6 Å². The Kier molecular flexibility index (Phi) is 7.57. The molecule has 172 valence electrons. The van der Waals surface area contributed by atoms with Crippen molar-refractivity contribution < 1.29 is 33.4 Å². The molecule has 0 radical (unpaired) electrons. The van der Waals surface area contributed by atoms with E-state index in [9.17, 15) is 19.2 Å². The molecule has 2 aromatic carbocycles. The SMILES string of the molecule is CCOc1cc(/C=C2\C(=O)NC(=O)N(c3ccc(Cl)cc3)C2=O)cc(Cl)c1OCC(=O)OC. The second kappa shape index (κ2) is 10.4. The standard InChI is InChI=1S/C22H18Cl2N2O7/c1-3-32-17-10-12(9-16(24)19(17)33-11-18(27)31-2)8-15-20(28)25-22(30)26(21(15)29)14-6-4-13(23)5-7-14/h4-10H,3,11H2,1-2H3,(H,25,28,30)/b15-8+. The van der Waals surface area contributed by atoms with Crippen LogP contribution in [0.2, 0.25) is 10.0 Å². The van der Waals surface area contributed by atoms with Gasteiger partial charge in [-0.3, -0.25) is 14.9 Å². The van der Waals surface area contributed by atoms with Crippen LogP contribution in [0.25, 0.3) is 6.08 Å². The number of anilines is 1. The molecule has 1 aliphatic rings. The monoisotopic (exact) mass is 492 g/mol. The van der Waals surface area contributed by atoms with Gasteiger partial charge in [-0.2, -0.15) is 0 Å². The molecular formula is C22H18Cl2N2O7. The number of carbonyl (C=O) groups excluding carboxylic acids is 4. The van der Waals surface area contributed by atoms with Crippen molar-refractivity contribution in [2.45, 2.75) is 6.92 Å². The zero-order valence-corrected chi connectivity index (χ0v) is 19.0. The van der Waals surface area contributed by atoms with Gasteiger partial charge in [0.15, 0.2) is 18.1 Å². The maximum Gasteiger partial charge on any atom is 0.343 e. The number of carbonyl (C=O) groups is 4. The third-order valence-corrected chi connectivity index (χ3v) is 4.92. The van der Waals surface area contributed by atoms with E-state index >= 15 is 0 Å². The summed E-state index contributed by atoms with van der Waals surface area (Å²) in [5.74, 6) is -2.02. The van der Waals surface area contributed by atoms with Crippen LogP contribution in [-0.2, 0) is 19.1 Å². The molecule has 0 aliphatic carbocycles. The lowest BCUT2D eigenvalue weighted by Gasteiger charge is -2.26. The second-order valence-electron chi connectivity index (χ2n) is 6.56. The lowest BCUT2D eigenvalue weighted by atomic mass is 10.1. The highest BCUT2D eigenvalue weighted by Crippen LogP contribution is 2.37. The maximum atomic E-state index is 13.0. The average Bonchev–Trinajstić information content (AvgIpc) is 2.77.